The fourth-order valence-corrected chi connectivity index (χ4v) is 2.87. The Morgan fingerprint density at radius 3 is 2.15 bits per heavy atom. The van der Waals surface area contributed by atoms with E-state index in [0.717, 1.165) is 39.8 Å². The molecule has 0 saturated heterocycles. The fourth-order valence-electron chi connectivity index (χ4n) is 2.87. The van der Waals surface area contributed by atoms with Crippen molar-refractivity contribution in [2.24, 2.45) is 0 Å². The van der Waals surface area contributed by atoms with Gasteiger partial charge in [-0.15, -0.1) is 0 Å². The molecule has 5 heteroatoms. The Bertz CT molecular complexity index is 907. The Morgan fingerprint density at radius 2 is 1.41 bits per heavy atom. The standard InChI is InChI=1S/C22H24N2O3/c1-26-20-8-4-16(5-9-20)11-12-23-22(25)24-15-17-3-6-19-14-21(27-2)10-7-18(19)13-17/h3-10,13-14H,11-12,15H2,1-2H3,(H2,23,24,25). The SMILES string of the molecule is COc1ccc(CCNC(=O)NCc2ccc3cc(OC)ccc3c2)cc1. The molecule has 0 unspecified atom stereocenters. The summed E-state index contributed by atoms with van der Waals surface area (Å²) in [7, 11) is 3.31. The molecule has 0 aromatic heterocycles. The molecule has 0 atom stereocenters. The molecule has 0 saturated carbocycles. The van der Waals surface area contributed by atoms with E-state index in [1.807, 2.05) is 54.6 Å². The smallest absolute Gasteiger partial charge is 0.315 e. The predicted molar refractivity (Wildman–Crippen MR) is 107 cm³/mol. The van der Waals surface area contributed by atoms with Crippen LogP contribution in [0.5, 0.6) is 11.5 Å². The van der Waals surface area contributed by atoms with Crippen LogP contribution in [0, 0.1) is 0 Å². The monoisotopic (exact) mass is 364 g/mol. The van der Waals surface area contributed by atoms with Crippen LogP contribution in [-0.2, 0) is 13.0 Å². The lowest BCUT2D eigenvalue weighted by Gasteiger charge is -2.09. The number of urea groups is 1. The van der Waals surface area contributed by atoms with E-state index >= 15 is 0 Å². The predicted octanol–water partition coefficient (Wildman–Crippen LogP) is 3.90. The van der Waals surface area contributed by atoms with Gasteiger partial charge >= 0.3 is 6.03 Å². The number of carbonyl (C=O) groups excluding carboxylic acids is 1. The molecule has 0 aliphatic rings. The molecule has 0 fully saturated rings. The number of fused-ring (bicyclic) bond motifs is 1. The molecule has 27 heavy (non-hydrogen) atoms. The van der Waals surface area contributed by atoms with E-state index in [0.29, 0.717) is 13.1 Å². The first-order valence-corrected chi connectivity index (χ1v) is 8.89. The lowest BCUT2D eigenvalue weighted by atomic mass is 10.1. The van der Waals surface area contributed by atoms with Gasteiger partial charge < -0.3 is 20.1 Å². The molecule has 2 N–H and O–H groups in total. The van der Waals surface area contributed by atoms with Crippen molar-refractivity contribution in [1.82, 2.24) is 10.6 Å². The minimum atomic E-state index is -0.168. The van der Waals surface area contributed by atoms with Gasteiger partial charge in [-0.25, -0.2) is 4.79 Å². The van der Waals surface area contributed by atoms with Gasteiger partial charge in [-0.05, 0) is 58.7 Å². The molecule has 0 radical (unpaired) electrons. The third-order valence-corrected chi connectivity index (χ3v) is 4.42. The molecular formula is C22H24N2O3. The first-order valence-electron chi connectivity index (χ1n) is 8.89. The van der Waals surface area contributed by atoms with Crippen LogP contribution in [0.25, 0.3) is 10.8 Å². The van der Waals surface area contributed by atoms with Crippen LogP contribution in [0.2, 0.25) is 0 Å². The van der Waals surface area contributed by atoms with Gasteiger partial charge in [0.1, 0.15) is 11.5 Å². The Hall–Kier alpha value is -3.21. The Balaban J connectivity index is 1.46. The molecule has 0 aliphatic heterocycles. The van der Waals surface area contributed by atoms with Crippen molar-refractivity contribution in [1.29, 1.82) is 0 Å². The minimum Gasteiger partial charge on any atom is -0.497 e. The number of methoxy groups -OCH3 is 2. The lowest BCUT2D eigenvalue weighted by molar-refractivity contribution is 0.240. The highest BCUT2D eigenvalue weighted by Crippen LogP contribution is 2.21. The summed E-state index contributed by atoms with van der Waals surface area (Å²) in [5, 5.41) is 8.01. The Kier molecular flexibility index (Phi) is 6.15. The van der Waals surface area contributed by atoms with Gasteiger partial charge in [0.25, 0.3) is 0 Å². The first kappa shape index (κ1) is 18.6. The molecular weight excluding hydrogens is 340 g/mol. The highest BCUT2D eigenvalue weighted by atomic mass is 16.5. The number of ether oxygens (including phenoxy) is 2. The van der Waals surface area contributed by atoms with Crippen LogP contribution in [0.4, 0.5) is 4.79 Å². The maximum absolute atomic E-state index is 12.0. The van der Waals surface area contributed by atoms with Crippen molar-refractivity contribution in [3.8, 4) is 11.5 Å². The number of hydrogen-bond acceptors (Lipinski definition) is 3. The Morgan fingerprint density at radius 1 is 0.778 bits per heavy atom. The average molecular weight is 364 g/mol. The van der Waals surface area contributed by atoms with Crippen molar-refractivity contribution < 1.29 is 14.3 Å². The van der Waals surface area contributed by atoms with Gasteiger partial charge in [-0.3, -0.25) is 0 Å². The molecule has 3 rings (SSSR count). The summed E-state index contributed by atoms with van der Waals surface area (Å²) in [5.41, 5.74) is 2.21. The van der Waals surface area contributed by atoms with Gasteiger partial charge in [-0.2, -0.15) is 0 Å². The highest BCUT2D eigenvalue weighted by molar-refractivity contribution is 5.84. The molecule has 0 heterocycles. The summed E-state index contributed by atoms with van der Waals surface area (Å²) in [6.07, 6.45) is 0.773. The normalized spacial score (nSPS) is 10.4. The molecule has 3 aromatic rings. The summed E-state index contributed by atoms with van der Waals surface area (Å²) in [4.78, 5) is 12.0. The number of rotatable bonds is 7. The molecule has 2 amide bonds. The third kappa shape index (κ3) is 5.14. The van der Waals surface area contributed by atoms with Crippen LogP contribution in [0.3, 0.4) is 0 Å². The van der Waals surface area contributed by atoms with Crippen LogP contribution >= 0.6 is 0 Å². The number of hydrogen-bond donors (Lipinski definition) is 2. The van der Waals surface area contributed by atoms with Crippen molar-refractivity contribution in [2.75, 3.05) is 20.8 Å². The second-order valence-electron chi connectivity index (χ2n) is 6.25. The van der Waals surface area contributed by atoms with Gasteiger partial charge in [-0.1, -0.05) is 30.3 Å². The van der Waals surface area contributed by atoms with Gasteiger partial charge in [0.2, 0.25) is 0 Å². The van der Waals surface area contributed by atoms with Crippen LogP contribution in [-0.4, -0.2) is 26.8 Å². The lowest BCUT2D eigenvalue weighted by Crippen LogP contribution is -2.36. The van der Waals surface area contributed by atoms with E-state index < -0.39 is 0 Å². The second-order valence-corrected chi connectivity index (χ2v) is 6.25. The maximum atomic E-state index is 12.0. The summed E-state index contributed by atoms with van der Waals surface area (Å²) in [6, 6.07) is 19.8. The van der Waals surface area contributed by atoms with Crippen molar-refractivity contribution >= 4 is 16.8 Å². The molecule has 140 valence electrons. The number of carbonyl (C=O) groups is 1. The fraction of sp³-hybridized carbons (Fsp3) is 0.227. The van der Waals surface area contributed by atoms with Crippen molar-refractivity contribution in [3.63, 3.8) is 0 Å². The van der Waals surface area contributed by atoms with E-state index in [1.165, 1.54) is 0 Å². The molecule has 0 spiro atoms. The van der Waals surface area contributed by atoms with Gasteiger partial charge in [0, 0.05) is 13.1 Å². The van der Waals surface area contributed by atoms with Crippen LogP contribution in [0.1, 0.15) is 11.1 Å². The molecule has 3 aromatic carbocycles. The summed E-state index contributed by atoms with van der Waals surface area (Å²) in [5.74, 6) is 1.67. The van der Waals surface area contributed by atoms with Crippen molar-refractivity contribution in [2.45, 2.75) is 13.0 Å². The van der Waals surface area contributed by atoms with E-state index in [2.05, 4.69) is 16.7 Å². The highest BCUT2D eigenvalue weighted by Gasteiger charge is 2.03. The third-order valence-electron chi connectivity index (χ3n) is 4.42. The number of nitrogens with one attached hydrogen (secondary N) is 2. The minimum absolute atomic E-state index is 0.168. The molecule has 0 aliphatic carbocycles. The van der Waals surface area contributed by atoms with Gasteiger partial charge in [0.05, 0.1) is 14.2 Å². The quantitative estimate of drug-likeness (QED) is 0.668. The molecule has 5 nitrogen and oxygen atoms in total. The average Bonchev–Trinajstić information content (AvgIpc) is 2.72. The van der Waals surface area contributed by atoms with Crippen LogP contribution in [0.15, 0.2) is 60.7 Å². The van der Waals surface area contributed by atoms with Crippen LogP contribution < -0.4 is 20.1 Å². The molecule has 0 bridgehead atoms. The zero-order valence-corrected chi connectivity index (χ0v) is 15.6. The first-order chi connectivity index (χ1) is 13.2. The van der Waals surface area contributed by atoms with E-state index in [1.54, 1.807) is 14.2 Å². The van der Waals surface area contributed by atoms with E-state index in [4.69, 9.17) is 9.47 Å². The summed E-state index contributed by atoms with van der Waals surface area (Å²) >= 11 is 0. The maximum Gasteiger partial charge on any atom is 0.315 e. The topological polar surface area (TPSA) is 59.6 Å². The van der Waals surface area contributed by atoms with E-state index in [-0.39, 0.29) is 6.03 Å². The summed E-state index contributed by atoms with van der Waals surface area (Å²) < 4.78 is 10.4. The largest absolute Gasteiger partial charge is 0.497 e. The number of amides is 2. The van der Waals surface area contributed by atoms with Crippen molar-refractivity contribution in [3.05, 3.63) is 71.8 Å². The number of benzene rings is 3. The Labute approximate surface area is 159 Å². The zero-order chi connectivity index (χ0) is 19.1. The van der Waals surface area contributed by atoms with E-state index in [9.17, 15) is 4.79 Å². The second kappa shape index (κ2) is 8.94. The summed E-state index contributed by atoms with van der Waals surface area (Å²) in [6.45, 7) is 1.06. The zero-order valence-electron chi connectivity index (χ0n) is 15.6. The van der Waals surface area contributed by atoms with Gasteiger partial charge in [0.15, 0.2) is 0 Å².